The fourth-order valence-corrected chi connectivity index (χ4v) is 4.24. The second-order valence-corrected chi connectivity index (χ2v) is 7.03. The Morgan fingerprint density at radius 2 is 2.10 bits per heavy atom. The van der Waals surface area contributed by atoms with Gasteiger partial charge in [0.15, 0.2) is 0 Å². The first-order valence-electron chi connectivity index (χ1n) is 8.06. The van der Waals surface area contributed by atoms with Crippen LogP contribution in [-0.2, 0) is 4.74 Å². The van der Waals surface area contributed by atoms with E-state index in [1.807, 2.05) is 12.1 Å². The van der Waals surface area contributed by atoms with Crippen LogP contribution in [0.1, 0.15) is 45.2 Å². The minimum atomic E-state index is 0.210. The lowest BCUT2D eigenvalue weighted by Gasteiger charge is -2.60. The zero-order valence-electron chi connectivity index (χ0n) is 13.6. The van der Waals surface area contributed by atoms with Gasteiger partial charge in [-0.3, -0.25) is 0 Å². The molecule has 0 spiro atoms. The van der Waals surface area contributed by atoms with E-state index in [1.54, 1.807) is 7.11 Å². The molecule has 0 radical (unpaired) electrons. The molecule has 3 heteroatoms. The number of rotatable bonds is 4. The number of hydrogen-bond donors (Lipinski definition) is 1. The Labute approximate surface area is 128 Å². The predicted octanol–water partition coefficient (Wildman–Crippen LogP) is 3.55. The molecule has 1 heterocycles. The highest BCUT2D eigenvalue weighted by molar-refractivity contribution is 5.35. The molecule has 1 N–H and O–H groups in total. The second kappa shape index (κ2) is 5.62. The average Bonchev–Trinajstić information content (AvgIpc) is 2.52. The summed E-state index contributed by atoms with van der Waals surface area (Å²) < 4.78 is 11.5. The molecule has 1 aromatic carbocycles. The van der Waals surface area contributed by atoms with E-state index in [1.165, 1.54) is 18.4 Å². The van der Waals surface area contributed by atoms with Gasteiger partial charge in [0.2, 0.25) is 0 Å². The topological polar surface area (TPSA) is 30.5 Å². The Hall–Kier alpha value is -1.06. The molecule has 0 aromatic heterocycles. The van der Waals surface area contributed by atoms with Crippen LogP contribution in [0.4, 0.5) is 0 Å². The van der Waals surface area contributed by atoms with Crippen molar-refractivity contribution in [3.8, 4) is 5.75 Å². The smallest absolute Gasteiger partial charge is 0.123 e. The number of fused-ring (bicyclic) bond motifs is 1. The van der Waals surface area contributed by atoms with Gasteiger partial charge in [0.1, 0.15) is 5.75 Å². The van der Waals surface area contributed by atoms with Crippen LogP contribution in [0.3, 0.4) is 0 Å². The van der Waals surface area contributed by atoms with E-state index in [2.05, 4.69) is 38.2 Å². The number of methoxy groups -OCH3 is 1. The van der Waals surface area contributed by atoms with E-state index in [4.69, 9.17) is 9.47 Å². The molecule has 116 valence electrons. The maximum atomic E-state index is 5.99. The van der Waals surface area contributed by atoms with Gasteiger partial charge in [-0.25, -0.2) is 0 Å². The first-order valence-corrected chi connectivity index (χ1v) is 8.06. The van der Waals surface area contributed by atoms with Gasteiger partial charge >= 0.3 is 0 Å². The molecule has 3 nitrogen and oxygen atoms in total. The number of ether oxygens (including phenoxy) is 2. The molecular formula is C18H27NO2. The summed E-state index contributed by atoms with van der Waals surface area (Å²) in [6.45, 7) is 7.81. The molecule has 4 unspecified atom stereocenters. The Morgan fingerprint density at radius 3 is 2.86 bits per heavy atom. The van der Waals surface area contributed by atoms with Gasteiger partial charge in [0, 0.05) is 35.6 Å². The van der Waals surface area contributed by atoms with Crippen LogP contribution in [0.5, 0.6) is 5.75 Å². The Kier molecular flexibility index (Phi) is 3.98. The van der Waals surface area contributed by atoms with Crippen molar-refractivity contribution < 1.29 is 9.47 Å². The Morgan fingerprint density at radius 1 is 1.33 bits per heavy atom. The molecule has 2 aliphatic rings. The number of benzene rings is 1. The number of hydrogen-bond acceptors (Lipinski definition) is 3. The van der Waals surface area contributed by atoms with Crippen LogP contribution in [0.2, 0.25) is 0 Å². The predicted molar refractivity (Wildman–Crippen MR) is 84.6 cm³/mol. The molecule has 2 fully saturated rings. The summed E-state index contributed by atoms with van der Waals surface area (Å²) in [4.78, 5) is 0. The van der Waals surface area contributed by atoms with E-state index >= 15 is 0 Å². The third kappa shape index (κ3) is 2.47. The second-order valence-electron chi connectivity index (χ2n) is 7.03. The SMILES string of the molecule is COc1ccccc1C(C)NC1C2CCCOC2C1(C)C. The number of para-hydroxylation sites is 1. The fraction of sp³-hybridized carbons (Fsp3) is 0.667. The molecule has 1 saturated heterocycles. The Bertz CT molecular complexity index is 500. The Balaban J connectivity index is 1.74. The summed E-state index contributed by atoms with van der Waals surface area (Å²) in [6, 6.07) is 9.08. The van der Waals surface area contributed by atoms with E-state index < -0.39 is 0 Å². The van der Waals surface area contributed by atoms with Crippen LogP contribution in [-0.4, -0.2) is 25.9 Å². The van der Waals surface area contributed by atoms with E-state index in [-0.39, 0.29) is 11.5 Å². The van der Waals surface area contributed by atoms with E-state index in [0.717, 1.165) is 12.4 Å². The van der Waals surface area contributed by atoms with Gasteiger partial charge in [-0.1, -0.05) is 32.0 Å². The average molecular weight is 289 g/mol. The zero-order chi connectivity index (χ0) is 15.0. The van der Waals surface area contributed by atoms with Crippen molar-refractivity contribution in [1.82, 2.24) is 5.32 Å². The molecule has 1 aromatic rings. The van der Waals surface area contributed by atoms with Crippen molar-refractivity contribution in [2.45, 2.75) is 51.8 Å². The lowest BCUT2D eigenvalue weighted by molar-refractivity contribution is -0.194. The summed E-state index contributed by atoms with van der Waals surface area (Å²) in [5, 5.41) is 3.84. The monoisotopic (exact) mass is 289 g/mol. The van der Waals surface area contributed by atoms with Crippen molar-refractivity contribution >= 4 is 0 Å². The maximum Gasteiger partial charge on any atom is 0.123 e. The summed E-state index contributed by atoms with van der Waals surface area (Å²) in [7, 11) is 1.74. The summed E-state index contributed by atoms with van der Waals surface area (Å²) in [5.41, 5.74) is 1.44. The minimum absolute atomic E-state index is 0.210. The highest BCUT2D eigenvalue weighted by Crippen LogP contribution is 2.52. The lowest BCUT2D eigenvalue weighted by Crippen LogP contribution is -2.69. The van der Waals surface area contributed by atoms with Gasteiger partial charge in [0.05, 0.1) is 13.2 Å². The summed E-state index contributed by atoms with van der Waals surface area (Å²) >= 11 is 0. The van der Waals surface area contributed by atoms with Crippen molar-refractivity contribution in [3.05, 3.63) is 29.8 Å². The van der Waals surface area contributed by atoms with Gasteiger partial charge in [0.25, 0.3) is 0 Å². The van der Waals surface area contributed by atoms with Crippen LogP contribution >= 0.6 is 0 Å². The fourth-order valence-electron chi connectivity index (χ4n) is 4.24. The number of nitrogens with one attached hydrogen (secondary N) is 1. The first-order chi connectivity index (χ1) is 10.1. The van der Waals surface area contributed by atoms with Gasteiger partial charge in [-0.15, -0.1) is 0 Å². The van der Waals surface area contributed by atoms with Crippen LogP contribution in [0.15, 0.2) is 24.3 Å². The van der Waals surface area contributed by atoms with Crippen molar-refractivity contribution in [2.24, 2.45) is 11.3 Å². The third-order valence-corrected chi connectivity index (χ3v) is 5.37. The standard InChI is InChI=1S/C18H27NO2/c1-12(13-8-5-6-10-15(13)20-4)19-16-14-9-7-11-21-17(14)18(16,2)3/h5-6,8,10,12,14,16-17,19H,7,9,11H2,1-4H3. The largest absolute Gasteiger partial charge is 0.496 e. The van der Waals surface area contributed by atoms with E-state index in [0.29, 0.717) is 18.1 Å². The highest BCUT2D eigenvalue weighted by Gasteiger charge is 2.57. The molecular weight excluding hydrogens is 262 g/mol. The maximum absolute atomic E-state index is 5.99. The van der Waals surface area contributed by atoms with Gasteiger partial charge in [-0.05, 0) is 25.8 Å². The molecule has 21 heavy (non-hydrogen) atoms. The third-order valence-electron chi connectivity index (χ3n) is 5.37. The van der Waals surface area contributed by atoms with Crippen molar-refractivity contribution in [1.29, 1.82) is 0 Å². The molecule has 1 saturated carbocycles. The van der Waals surface area contributed by atoms with Crippen LogP contribution in [0.25, 0.3) is 0 Å². The highest BCUT2D eigenvalue weighted by atomic mass is 16.5. The first kappa shape index (κ1) is 14.9. The molecule has 0 amide bonds. The molecule has 0 bridgehead atoms. The summed E-state index contributed by atoms with van der Waals surface area (Å²) in [5.74, 6) is 1.62. The van der Waals surface area contributed by atoms with Crippen LogP contribution in [0, 0.1) is 11.3 Å². The normalized spacial score (nSPS) is 31.9. The summed E-state index contributed by atoms with van der Waals surface area (Å²) in [6.07, 6.45) is 2.90. The van der Waals surface area contributed by atoms with Gasteiger partial charge in [-0.2, -0.15) is 0 Å². The van der Waals surface area contributed by atoms with Crippen molar-refractivity contribution in [2.75, 3.05) is 13.7 Å². The molecule has 4 atom stereocenters. The molecule has 3 rings (SSSR count). The molecule has 1 aliphatic heterocycles. The zero-order valence-corrected chi connectivity index (χ0v) is 13.6. The van der Waals surface area contributed by atoms with E-state index in [9.17, 15) is 0 Å². The van der Waals surface area contributed by atoms with Crippen LogP contribution < -0.4 is 10.1 Å². The minimum Gasteiger partial charge on any atom is -0.496 e. The lowest BCUT2D eigenvalue weighted by atomic mass is 9.55. The van der Waals surface area contributed by atoms with Gasteiger partial charge < -0.3 is 14.8 Å². The van der Waals surface area contributed by atoms with Crippen molar-refractivity contribution in [3.63, 3.8) is 0 Å². The molecule has 1 aliphatic carbocycles. The quantitative estimate of drug-likeness (QED) is 0.919.